The molecule has 30 heavy (non-hydrogen) atoms. The normalized spacial score (nSPS) is 10.7. The number of nitrogens with one attached hydrogen (secondary N) is 2. The minimum Gasteiger partial charge on any atom is -0.453 e. The van der Waals surface area contributed by atoms with E-state index in [9.17, 15) is 14.0 Å². The van der Waals surface area contributed by atoms with Crippen molar-refractivity contribution in [1.82, 2.24) is 15.0 Å². The summed E-state index contributed by atoms with van der Waals surface area (Å²) in [5, 5.41) is 3.16. The number of amides is 1. The van der Waals surface area contributed by atoms with Crippen molar-refractivity contribution < 1.29 is 13.9 Å². The number of aromatic nitrogens is 3. The van der Waals surface area contributed by atoms with Gasteiger partial charge in [0.1, 0.15) is 22.3 Å². The first-order valence-electron chi connectivity index (χ1n) is 8.59. The number of benzene rings is 1. The van der Waals surface area contributed by atoms with Crippen LogP contribution in [0.15, 0.2) is 59.8 Å². The van der Waals surface area contributed by atoms with Gasteiger partial charge in [-0.25, -0.2) is 14.4 Å². The van der Waals surface area contributed by atoms with Crippen molar-refractivity contribution in [3.8, 4) is 11.5 Å². The average Bonchev–Trinajstić information content (AvgIpc) is 2.71. The van der Waals surface area contributed by atoms with Gasteiger partial charge in [-0.2, -0.15) is 0 Å². The molecule has 8 nitrogen and oxygen atoms in total. The van der Waals surface area contributed by atoms with Crippen LogP contribution in [0.3, 0.4) is 0 Å². The number of rotatable bonds is 5. The zero-order chi connectivity index (χ0) is 21.3. The van der Waals surface area contributed by atoms with Crippen molar-refractivity contribution in [2.75, 3.05) is 5.32 Å². The summed E-state index contributed by atoms with van der Waals surface area (Å²) in [5.74, 6) is -1.36. The van der Waals surface area contributed by atoms with Crippen molar-refractivity contribution in [2.45, 2.75) is 0 Å². The quantitative estimate of drug-likeness (QED) is 0.447. The number of H-pyrrole nitrogens is 1. The van der Waals surface area contributed by atoms with E-state index in [4.69, 9.17) is 22.1 Å². The summed E-state index contributed by atoms with van der Waals surface area (Å²) in [6.45, 7) is 0. The summed E-state index contributed by atoms with van der Waals surface area (Å²) >= 11 is 6.05. The number of hydrogen-bond acceptors (Lipinski definition) is 6. The Morgan fingerprint density at radius 3 is 2.70 bits per heavy atom. The second-order valence-electron chi connectivity index (χ2n) is 6.13. The number of carbonyl (C=O) groups excluding carboxylic acids is 1. The molecule has 0 aliphatic rings. The molecule has 4 rings (SSSR count). The molecule has 0 aliphatic carbocycles. The van der Waals surface area contributed by atoms with Crippen LogP contribution in [0.25, 0.3) is 10.9 Å². The second kappa shape index (κ2) is 7.80. The molecule has 0 saturated heterocycles. The fraction of sp³-hybridized carbons (Fsp3) is 0. The molecule has 0 atom stereocenters. The van der Waals surface area contributed by atoms with Crippen LogP contribution in [0, 0.1) is 5.82 Å². The van der Waals surface area contributed by atoms with E-state index in [2.05, 4.69) is 20.3 Å². The maximum Gasteiger partial charge on any atom is 0.268 e. The fourth-order valence-corrected chi connectivity index (χ4v) is 3.05. The molecule has 0 saturated carbocycles. The molecule has 0 radical (unpaired) electrons. The molecular formula is C20H13ClFN5O3. The van der Waals surface area contributed by atoms with Crippen LogP contribution in [-0.2, 0) is 0 Å². The van der Waals surface area contributed by atoms with Gasteiger partial charge in [0.05, 0.1) is 10.9 Å². The van der Waals surface area contributed by atoms with Gasteiger partial charge in [-0.1, -0.05) is 11.6 Å². The molecule has 10 heteroatoms. The topological polar surface area (TPSA) is 123 Å². The van der Waals surface area contributed by atoms with E-state index in [1.54, 1.807) is 12.1 Å². The first-order valence-corrected chi connectivity index (χ1v) is 8.97. The van der Waals surface area contributed by atoms with Gasteiger partial charge >= 0.3 is 0 Å². The standard InChI is InChI=1S/C20H13ClFN5O3/c21-17-15(5-8-25-18(17)19(23)29)30-14-2-1-10(9-11(14)22)27-20-16-12(3-6-26-20)24-7-4-13(16)28/h1-9H,(H2,23,29)(H,24,28)(H,26,27). The molecule has 1 amide bonds. The van der Waals surface area contributed by atoms with Crippen LogP contribution in [0.1, 0.15) is 10.5 Å². The molecule has 0 fully saturated rings. The number of ether oxygens (including phenoxy) is 1. The molecule has 4 N–H and O–H groups in total. The summed E-state index contributed by atoms with van der Waals surface area (Å²) in [5.41, 5.74) is 5.73. The molecule has 150 valence electrons. The minimum absolute atomic E-state index is 0.0299. The van der Waals surface area contributed by atoms with Crippen molar-refractivity contribution >= 4 is 39.9 Å². The lowest BCUT2D eigenvalue weighted by Gasteiger charge is -2.12. The molecule has 0 aliphatic heterocycles. The second-order valence-corrected chi connectivity index (χ2v) is 6.51. The average molecular weight is 426 g/mol. The molecule has 0 spiro atoms. The van der Waals surface area contributed by atoms with Crippen LogP contribution in [-0.4, -0.2) is 20.9 Å². The van der Waals surface area contributed by atoms with Crippen LogP contribution >= 0.6 is 11.6 Å². The Labute approximate surface area is 173 Å². The Bertz CT molecular complexity index is 1340. The molecular weight excluding hydrogens is 413 g/mol. The molecule has 3 heterocycles. The first-order chi connectivity index (χ1) is 14.4. The Hall–Kier alpha value is -3.98. The van der Waals surface area contributed by atoms with Gasteiger partial charge < -0.3 is 20.8 Å². The molecule has 3 aromatic heterocycles. The summed E-state index contributed by atoms with van der Waals surface area (Å²) in [6.07, 6.45) is 4.34. The van der Waals surface area contributed by atoms with Crippen molar-refractivity contribution in [2.24, 2.45) is 5.73 Å². The van der Waals surface area contributed by atoms with Gasteiger partial charge in [-0.15, -0.1) is 0 Å². The number of nitrogens with zero attached hydrogens (tertiary/aromatic N) is 2. The van der Waals surface area contributed by atoms with Gasteiger partial charge in [0.25, 0.3) is 5.91 Å². The van der Waals surface area contributed by atoms with Gasteiger partial charge in [0, 0.05) is 42.5 Å². The van der Waals surface area contributed by atoms with Gasteiger partial charge in [0.2, 0.25) is 0 Å². The monoisotopic (exact) mass is 425 g/mol. The lowest BCUT2D eigenvalue weighted by molar-refractivity contribution is 0.0995. The third-order valence-electron chi connectivity index (χ3n) is 4.17. The predicted octanol–water partition coefficient (Wildman–Crippen LogP) is 3.75. The first kappa shape index (κ1) is 19.3. The lowest BCUT2D eigenvalue weighted by atomic mass is 10.2. The van der Waals surface area contributed by atoms with E-state index in [-0.39, 0.29) is 33.5 Å². The molecule has 1 aromatic carbocycles. The van der Waals surface area contributed by atoms with Gasteiger partial charge in [0.15, 0.2) is 17.0 Å². The Morgan fingerprint density at radius 2 is 1.93 bits per heavy atom. The van der Waals surface area contributed by atoms with Crippen molar-refractivity contribution in [1.29, 1.82) is 0 Å². The van der Waals surface area contributed by atoms with E-state index in [0.29, 0.717) is 16.6 Å². The van der Waals surface area contributed by atoms with E-state index < -0.39 is 11.7 Å². The largest absolute Gasteiger partial charge is 0.453 e. The fourth-order valence-electron chi connectivity index (χ4n) is 2.81. The van der Waals surface area contributed by atoms with E-state index in [1.807, 2.05) is 0 Å². The summed E-state index contributed by atoms with van der Waals surface area (Å²) in [4.78, 5) is 34.4. The zero-order valence-electron chi connectivity index (χ0n) is 15.1. The van der Waals surface area contributed by atoms with E-state index >= 15 is 0 Å². The third-order valence-corrected chi connectivity index (χ3v) is 4.54. The SMILES string of the molecule is NC(=O)c1nccc(Oc2ccc(Nc3nccc4[nH]ccc(=O)c34)cc2F)c1Cl. The van der Waals surface area contributed by atoms with E-state index in [0.717, 1.165) is 0 Å². The van der Waals surface area contributed by atoms with Crippen LogP contribution < -0.4 is 21.2 Å². The highest BCUT2D eigenvalue weighted by molar-refractivity contribution is 6.34. The number of primary amides is 1. The minimum atomic E-state index is -0.831. The van der Waals surface area contributed by atoms with Crippen molar-refractivity contribution in [3.63, 3.8) is 0 Å². The maximum absolute atomic E-state index is 14.6. The molecule has 0 unspecified atom stereocenters. The smallest absolute Gasteiger partial charge is 0.268 e. The Morgan fingerprint density at radius 1 is 1.13 bits per heavy atom. The van der Waals surface area contributed by atoms with Gasteiger partial charge in [-0.3, -0.25) is 9.59 Å². The summed E-state index contributed by atoms with van der Waals surface area (Å²) < 4.78 is 20.1. The molecule has 0 bridgehead atoms. The van der Waals surface area contributed by atoms with Crippen LogP contribution in [0.2, 0.25) is 5.02 Å². The Kier molecular flexibility index (Phi) is 5.03. The number of halogens is 2. The number of nitrogens with two attached hydrogens (primary N) is 1. The Balaban J connectivity index is 1.63. The number of carbonyl (C=O) groups is 1. The number of aromatic amines is 1. The number of pyridine rings is 3. The van der Waals surface area contributed by atoms with E-state index in [1.165, 1.54) is 42.9 Å². The highest BCUT2D eigenvalue weighted by Gasteiger charge is 2.16. The lowest BCUT2D eigenvalue weighted by Crippen LogP contribution is -2.13. The highest BCUT2D eigenvalue weighted by atomic mass is 35.5. The van der Waals surface area contributed by atoms with Crippen molar-refractivity contribution in [3.05, 3.63) is 81.7 Å². The number of anilines is 2. The molecule has 4 aromatic rings. The maximum atomic E-state index is 14.6. The van der Waals surface area contributed by atoms with Crippen LogP contribution in [0.5, 0.6) is 11.5 Å². The predicted molar refractivity (Wildman–Crippen MR) is 110 cm³/mol. The number of fused-ring (bicyclic) bond motifs is 1. The highest BCUT2D eigenvalue weighted by Crippen LogP contribution is 2.33. The zero-order valence-corrected chi connectivity index (χ0v) is 15.9. The third kappa shape index (κ3) is 3.65. The number of hydrogen-bond donors (Lipinski definition) is 3. The summed E-state index contributed by atoms with van der Waals surface area (Å²) in [6, 6.07) is 8.52. The summed E-state index contributed by atoms with van der Waals surface area (Å²) in [7, 11) is 0. The van der Waals surface area contributed by atoms with Crippen LogP contribution in [0.4, 0.5) is 15.9 Å². The van der Waals surface area contributed by atoms with Gasteiger partial charge in [-0.05, 0) is 18.2 Å².